The molecule has 1 aromatic heterocycles. The Morgan fingerprint density at radius 2 is 2.20 bits per heavy atom. The van der Waals surface area contributed by atoms with Crippen molar-refractivity contribution in [1.29, 1.82) is 0 Å². The zero-order chi connectivity index (χ0) is 9.68. The van der Waals surface area contributed by atoms with Gasteiger partial charge in [-0.25, -0.2) is 0 Å². The van der Waals surface area contributed by atoms with Gasteiger partial charge in [0.1, 0.15) is 5.75 Å². The highest BCUT2D eigenvalue weighted by Crippen LogP contribution is 2.19. The molecule has 1 aromatic rings. The number of rotatable bonds is 4. The molecule has 0 aromatic carbocycles. The fourth-order valence-electron chi connectivity index (χ4n) is 0.882. The van der Waals surface area contributed by atoms with E-state index in [0.29, 0.717) is 5.75 Å². The minimum Gasteiger partial charge on any atom is -0.506 e. The zero-order valence-corrected chi connectivity index (χ0v) is 12.7. The molecule has 0 spiro atoms. The number of halogens is 2. The van der Waals surface area contributed by atoms with Crippen molar-refractivity contribution in [3.05, 3.63) is 24.0 Å². The van der Waals surface area contributed by atoms with E-state index in [4.69, 9.17) is 5.73 Å². The molecule has 1 rings (SSSR count). The molecule has 1 unspecified atom stereocenters. The molecule has 15 heavy (non-hydrogen) atoms. The van der Waals surface area contributed by atoms with Gasteiger partial charge in [-0.05, 0) is 19.1 Å². The van der Waals surface area contributed by atoms with Crippen LogP contribution in [0.1, 0.15) is 12.6 Å². The Balaban J connectivity index is 0. The summed E-state index contributed by atoms with van der Waals surface area (Å²) in [4.78, 5) is 4.06. The van der Waals surface area contributed by atoms with Crippen LogP contribution in [-0.2, 0) is 5.75 Å². The van der Waals surface area contributed by atoms with Crippen LogP contribution in [0.5, 0.6) is 5.75 Å². The van der Waals surface area contributed by atoms with Crippen LogP contribution in [0, 0.1) is 0 Å². The normalized spacial score (nSPS) is 11.1. The smallest absolute Gasteiger partial charge is 0.137 e. The van der Waals surface area contributed by atoms with Crippen LogP contribution >= 0.6 is 45.7 Å². The summed E-state index contributed by atoms with van der Waals surface area (Å²) >= 11 is 1.68. The SMILES string of the molecule is Br.Br.CC(N)CSCc1ncccc1O. The van der Waals surface area contributed by atoms with Crippen molar-refractivity contribution in [3.8, 4) is 5.75 Å². The summed E-state index contributed by atoms with van der Waals surface area (Å²) in [6.45, 7) is 1.96. The molecule has 0 bridgehead atoms. The maximum absolute atomic E-state index is 9.37. The first-order valence-corrected chi connectivity index (χ1v) is 5.32. The molecule has 0 saturated carbocycles. The Kier molecular flexibility index (Phi) is 11.1. The number of pyridine rings is 1. The van der Waals surface area contributed by atoms with Crippen LogP contribution in [0.2, 0.25) is 0 Å². The van der Waals surface area contributed by atoms with Gasteiger partial charge < -0.3 is 10.8 Å². The van der Waals surface area contributed by atoms with E-state index in [1.807, 2.05) is 6.92 Å². The first-order valence-electron chi connectivity index (χ1n) is 4.16. The van der Waals surface area contributed by atoms with Crippen molar-refractivity contribution >= 4 is 45.7 Å². The van der Waals surface area contributed by atoms with Crippen molar-refractivity contribution < 1.29 is 5.11 Å². The Hall–Kier alpha value is 0.220. The summed E-state index contributed by atoms with van der Waals surface area (Å²) in [6.07, 6.45) is 1.68. The van der Waals surface area contributed by atoms with Crippen molar-refractivity contribution in [2.75, 3.05) is 5.75 Å². The van der Waals surface area contributed by atoms with E-state index in [2.05, 4.69) is 4.98 Å². The van der Waals surface area contributed by atoms with E-state index in [9.17, 15) is 5.11 Å². The molecule has 0 aliphatic rings. The van der Waals surface area contributed by atoms with Gasteiger partial charge in [0.2, 0.25) is 0 Å². The first-order chi connectivity index (χ1) is 6.20. The molecule has 88 valence electrons. The summed E-state index contributed by atoms with van der Waals surface area (Å²) in [5.74, 6) is 1.87. The quantitative estimate of drug-likeness (QED) is 0.867. The lowest BCUT2D eigenvalue weighted by molar-refractivity contribution is 0.467. The van der Waals surface area contributed by atoms with Gasteiger partial charge in [-0.3, -0.25) is 4.98 Å². The Morgan fingerprint density at radius 1 is 1.53 bits per heavy atom. The van der Waals surface area contributed by atoms with Crippen LogP contribution in [-0.4, -0.2) is 21.9 Å². The van der Waals surface area contributed by atoms with Gasteiger partial charge in [0, 0.05) is 23.7 Å². The lowest BCUT2D eigenvalue weighted by atomic mass is 10.3. The monoisotopic (exact) mass is 358 g/mol. The van der Waals surface area contributed by atoms with E-state index in [-0.39, 0.29) is 45.8 Å². The summed E-state index contributed by atoms with van der Waals surface area (Å²) in [6, 6.07) is 3.56. The molecular weight excluding hydrogens is 344 g/mol. The third-order valence-corrected chi connectivity index (χ3v) is 2.72. The van der Waals surface area contributed by atoms with Gasteiger partial charge in [-0.1, -0.05) is 0 Å². The number of hydrogen-bond donors (Lipinski definition) is 2. The molecular formula is C9H16Br2N2OS. The Bertz CT molecular complexity index is 274. The number of thioether (sulfide) groups is 1. The fraction of sp³-hybridized carbons (Fsp3) is 0.444. The van der Waals surface area contributed by atoms with Crippen molar-refractivity contribution in [2.24, 2.45) is 5.73 Å². The van der Waals surface area contributed by atoms with Crippen molar-refractivity contribution in [1.82, 2.24) is 4.98 Å². The molecule has 3 N–H and O–H groups in total. The highest BCUT2D eigenvalue weighted by Gasteiger charge is 2.01. The Morgan fingerprint density at radius 3 is 2.73 bits per heavy atom. The maximum Gasteiger partial charge on any atom is 0.137 e. The molecule has 0 aliphatic heterocycles. The van der Waals surface area contributed by atoms with Gasteiger partial charge >= 0.3 is 0 Å². The molecule has 0 aliphatic carbocycles. The Labute approximate surface area is 115 Å². The number of hydrogen-bond acceptors (Lipinski definition) is 4. The van der Waals surface area contributed by atoms with E-state index < -0.39 is 0 Å². The summed E-state index contributed by atoms with van der Waals surface area (Å²) in [5, 5.41) is 9.37. The second kappa shape index (κ2) is 9.45. The molecule has 3 nitrogen and oxygen atoms in total. The molecule has 0 fully saturated rings. The van der Waals surface area contributed by atoms with Crippen LogP contribution in [0.3, 0.4) is 0 Å². The summed E-state index contributed by atoms with van der Waals surface area (Å²) < 4.78 is 0. The van der Waals surface area contributed by atoms with Gasteiger partial charge in [-0.2, -0.15) is 11.8 Å². The van der Waals surface area contributed by atoms with Gasteiger partial charge in [0.25, 0.3) is 0 Å². The second-order valence-electron chi connectivity index (χ2n) is 2.96. The lowest BCUT2D eigenvalue weighted by Gasteiger charge is -2.05. The second-order valence-corrected chi connectivity index (χ2v) is 3.99. The van der Waals surface area contributed by atoms with E-state index in [0.717, 1.165) is 11.4 Å². The molecule has 0 saturated heterocycles. The zero-order valence-electron chi connectivity index (χ0n) is 8.42. The highest BCUT2D eigenvalue weighted by molar-refractivity contribution is 8.93. The van der Waals surface area contributed by atoms with Crippen molar-refractivity contribution in [3.63, 3.8) is 0 Å². The predicted octanol–water partition coefficient (Wildman–Crippen LogP) is 2.52. The van der Waals surface area contributed by atoms with Crippen LogP contribution in [0.25, 0.3) is 0 Å². The number of nitrogens with zero attached hydrogens (tertiary/aromatic N) is 1. The van der Waals surface area contributed by atoms with Crippen LogP contribution < -0.4 is 5.73 Å². The largest absolute Gasteiger partial charge is 0.506 e. The van der Waals surface area contributed by atoms with Gasteiger partial charge in [0.05, 0.1) is 5.69 Å². The van der Waals surface area contributed by atoms with Gasteiger partial charge in [0.15, 0.2) is 0 Å². The first kappa shape index (κ1) is 17.6. The highest BCUT2D eigenvalue weighted by atomic mass is 79.9. The van der Waals surface area contributed by atoms with E-state index in [1.165, 1.54) is 0 Å². The lowest BCUT2D eigenvalue weighted by Crippen LogP contribution is -2.17. The van der Waals surface area contributed by atoms with Crippen LogP contribution in [0.4, 0.5) is 0 Å². The average Bonchev–Trinajstić information content (AvgIpc) is 2.08. The number of aromatic hydroxyl groups is 1. The molecule has 1 atom stereocenters. The molecule has 1 heterocycles. The van der Waals surface area contributed by atoms with Gasteiger partial charge in [-0.15, -0.1) is 34.0 Å². The standard InChI is InChI=1S/C9H14N2OS.2BrH/c1-7(10)5-13-6-8-9(12)3-2-4-11-8;;/h2-4,7,12H,5-6,10H2,1H3;2*1H. The third kappa shape index (κ3) is 7.16. The topological polar surface area (TPSA) is 59.1 Å². The average molecular weight is 360 g/mol. The van der Waals surface area contributed by atoms with E-state index in [1.54, 1.807) is 30.1 Å². The minimum absolute atomic E-state index is 0. The van der Waals surface area contributed by atoms with Crippen LogP contribution in [0.15, 0.2) is 18.3 Å². The molecule has 6 heteroatoms. The maximum atomic E-state index is 9.37. The fourth-order valence-corrected chi connectivity index (χ4v) is 1.79. The predicted molar refractivity (Wildman–Crippen MR) is 76.4 cm³/mol. The third-order valence-electron chi connectivity index (χ3n) is 1.49. The van der Waals surface area contributed by atoms with Crippen molar-refractivity contribution in [2.45, 2.75) is 18.7 Å². The summed E-state index contributed by atoms with van der Waals surface area (Å²) in [5.41, 5.74) is 6.32. The summed E-state index contributed by atoms with van der Waals surface area (Å²) in [7, 11) is 0. The number of aromatic nitrogens is 1. The van der Waals surface area contributed by atoms with E-state index >= 15 is 0 Å². The number of nitrogens with two attached hydrogens (primary N) is 1. The molecule has 0 amide bonds. The molecule has 0 radical (unpaired) electrons. The minimum atomic E-state index is 0.